The SMILES string of the molecule is CCC1COCCN1C(C)CCCNCC(C)C. The van der Waals surface area contributed by atoms with E-state index in [9.17, 15) is 0 Å². The van der Waals surface area contributed by atoms with Gasteiger partial charge in [-0.25, -0.2) is 0 Å². The maximum Gasteiger partial charge on any atom is 0.0622 e. The smallest absolute Gasteiger partial charge is 0.0622 e. The normalized spacial score (nSPS) is 23.5. The highest BCUT2D eigenvalue weighted by molar-refractivity contribution is 4.79. The molecule has 0 amide bonds. The van der Waals surface area contributed by atoms with Gasteiger partial charge in [0.25, 0.3) is 0 Å². The quantitative estimate of drug-likeness (QED) is 0.675. The lowest BCUT2D eigenvalue weighted by Gasteiger charge is -2.39. The van der Waals surface area contributed by atoms with Crippen molar-refractivity contribution in [3.63, 3.8) is 0 Å². The summed E-state index contributed by atoms with van der Waals surface area (Å²) < 4.78 is 5.57. The molecular weight excluding hydrogens is 224 g/mol. The lowest BCUT2D eigenvalue weighted by atomic mass is 10.1. The van der Waals surface area contributed by atoms with Crippen LogP contribution in [-0.4, -0.2) is 49.8 Å². The Morgan fingerprint density at radius 3 is 2.78 bits per heavy atom. The lowest BCUT2D eigenvalue weighted by Crippen LogP contribution is -2.49. The van der Waals surface area contributed by atoms with Crippen molar-refractivity contribution in [2.24, 2.45) is 5.92 Å². The van der Waals surface area contributed by atoms with Gasteiger partial charge in [0.2, 0.25) is 0 Å². The van der Waals surface area contributed by atoms with Crippen LogP contribution >= 0.6 is 0 Å². The van der Waals surface area contributed by atoms with Crippen LogP contribution in [0.5, 0.6) is 0 Å². The van der Waals surface area contributed by atoms with Crippen molar-refractivity contribution in [3.05, 3.63) is 0 Å². The molecule has 0 aliphatic carbocycles. The minimum Gasteiger partial charge on any atom is -0.378 e. The Morgan fingerprint density at radius 2 is 2.11 bits per heavy atom. The van der Waals surface area contributed by atoms with E-state index in [1.807, 2.05) is 0 Å². The van der Waals surface area contributed by atoms with Gasteiger partial charge in [-0.3, -0.25) is 4.90 Å². The van der Waals surface area contributed by atoms with Gasteiger partial charge in [0.1, 0.15) is 0 Å². The standard InChI is InChI=1S/C15H32N2O/c1-5-15-12-18-10-9-17(15)14(4)7-6-8-16-11-13(2)3/h13-16H,5-12H2,1-4H3. The maximum atomic E-state index is 5.57. The molecule has 1 saturated heterocycles. The van der Waals surface area contributed by atoms with Gasteiger partial charge in [0.15, 0.2) is 0 Å². The van der Waals surface area contributed by atoms with E-state index in [0.29, 0.717) is 12.1 Å². The van der Waals surface area contributed by atoms with E-state index in [1.54, 1.807) is 0 Å². The summed E-state index contributed by atoms with van der Waals surface area (Å²) in [5.41, 5.74) is 0. The first kappa shape index (κ1) is 15.9. The zero-order valence-electron chi connectivity index (χ0n) is 12.7. The van der Waals surface area contributed by atoms with Gasteiger partial charge >= 0.3 is 0 Å². The Hall–Kier alpha value is -0.120. The number of hydrogen-bond donors (Lipinski definition) is 1. The summed E-state index contributed by atoms with van der Waals surface area (Å²) in [4.78, 5) is 2.64. The van der Waals surface area contributed by atoms with Crippen LogP contribution in [0.2, 0.25) is 0 Å². The van der Waals surface area contributed by atoms with Gasteiger partial charge in [-0.1, -0.05) is 20.8 Å². The second-order valence-corrected chi connectivity index (χ2v) is 5.96. The van der Waals surface area contributed by atoms with E-state index in [0.717, 1.165) is 38.8 Å². The molecule has 2 atom stereocenters. The summed E-state index contributed by atoms with van der Waals surface area (Å²) >= 11 is 0. The van der Waals surface area contributed by atoms with E-state index in [-0.39, 0.29) is 0 Å². The summed E-state index contributed by atoms with van der Waals surface area (Å²) in [7, 11) is 0. The molecule has 3 heteroatoms. The van der Waals surface area contributed by atoms with Crippen molar-refractivity contribution in [3.8, 4) is 0 Å². The average molecular weight is 256 g/mol. The van der Waals surface area contributed by atoms with Gasteiger partial charge in [-0.2, -0.15) is 0 Å². The first-order valence-electron chi connectivity index (χ1n) is 7.69. The van der Waals surface area contributed by atoms with Crippen LogP contribution in [0, 0.1) is 5.92 Å². The van der Waals surface area contributed by atoms with Crippen molar-refractivity contribution in [1.29, 1.82) is 0 Å². The highest BCUT2D eigenvalue weighted by atomic mass is 16.5. The topological polar surface area (TPSA) is 24.5 Å². The highest BCUT2D eigenvalue weighted by Gasteiger charge is 2.25. The maximum absolute atomic E-state index is 5.57. The molecule has 0 radical (unpaired) electrons. The minimum absolute atomic E-state index is 0.636. The number of ether oxygens (including phenoxy) is 1. The number of nitrogens with one attached hydrogen (secondary N) is 1. The van der Waals surface area contributed by atoms with E-state index in [4.69, 9.17) is 4.74 Å². The summed E-state index contributed by atoms with van der Waals surface area (Å²) in [5.74, 6) is 0.756. The van der Waals surface area contributed by atoms with Crippen molar-refractivity contribution in [2.45, 2.75) is 59.0 Å². The molecule has 0 saturated carbocycles. The van der Waals surface area contributed by atoms with Crippen molar-refractivity contribution >= 4 is 0 Å². The molecule has 0 aromatic heterocycles. The van der Waals surface area contributed by atoms with E-state index >= 15 is 0 Å². The van der Waals surface area contributed by atoms with Gasteiger partial charge in [0.05, 0.1) is 13.2 Å². The van der Waals surface area contributed by atoms with Gasteiger partial charge < -0.3 is 10.1 Å². The van der Waals surface area contributed by atoms with E-state index in [2.05, 4.69) is 37.9 Å². The van der Waals surface area contributed by atoms with Gasteiger partial charge in [-0.15, -0.1) is 0 Å². The van der Waals surface area contributed by atoms with Crippen molar-refractivity contribution in [2.75, 3.05) is 32.8 Å². The third-order valence-electron chi connectivity index (χ3n) is 3.84. The number of nitrogens with zero attached hydrogens (tertiary/aromatic N) is 1. The first-order chi connectivity index (χ1) is 8.65. The molecule has 1 aliphatic rings. The summed E-state index contributed by atoms with van der Waals surface area (Å²) in [6, 6.07) is 1.33. The van der Waals surface area contributed by atoms with Crippen LogP contribution in [-0.2, 0) is 4.74 Å². The molecule has 0 aromatic carbocycles. The molecule has 3 nitrogen and oxygen atoms in total. The predicted molar refractivity (Wildman–Crippen MR) is 78.0 cm³/mol. The van der Waals surface area contributed by atoms with Crippen molar-refractivity contribution in [1.82, 2.24) is 10.2 Å². The van der Waals surface area contributed by atoms with E-state index < -0.39 is 0 Å². The monoisotopic (exact) mass is 256 g/mol. The second-order valence-electron chi connectivity index (χ2n) is 5.96. The van der Waals surface area contributed by atoms with Crippen LogP contribution in [0.15, 0.2) is 0 Å². The largest absolute Gasteiger partial charge is 0.378 e. The van der Waals surface area contributed by atoms with Crippen LogP contribution < -0.4 is 5.32 Å². The third kappa shape index (κ3) is 5.68. The number of hydrogen-bond acceptors (Lipinski definition) is 3. The molecule has 18 heavy (non-hydrogen) atoms. The Kier molecular flexibility index (Phi) is 7.87. The number of rotatable bonds is 8. The predicted octanol–water partition coefficient (Wildman–Crippen LogP) is 2.51. The fraction of sp³-hybridized carbons (Fsp3) is 1.00. The molecule has 1 N–H and O–H groups in total. The molecule has 1 heterocycles. The highest BCUT2D eigenvalue weighted by Crippen LogP contribution is 2.16. The summed E-state index contributed by atoms with van der Waals surface area (Å²) in [6.45, 7) is 14.4. The summed E-state index contributed by atoms with van der Waals surface area (Å²) in [5, 5.41) is 3.53. The zero-order valence-corrected chi connectivity index (χ0v) is 12.7. The zero-order chi connectivity index (χ0) is 13.4. The Morgan fingerprint density at radius 1 is 1.33 bits per heavy atom. The molecule has 0 aromatic rings. The Bertz CT molecular complexity index is 209. The Labute approximate surface area is 113 Å². The van der Waals surface area contributed by atoms with Crippen molar-refractivity contribution < 1.29 is 4.74 Å². The average Bonchev–Trinajstić information content (AvgIpc) is 2.37. The molecule has 108 valence electrons. The van der Waals surface area contributed by atoms with Crippen LogP contribution in [0.1, 0.15) is 47.0 Å². The summed E-state index contributed by atoms with van der Waals surface area (Å²) in [6.07, 6.45) is 3.78. The van der Waals surface area contributed by atoms with Gasteiger partial charge in [0, 0.05) is 18.6 Å². The van der Waals surface area contributed by atoms with Gasteiger partial charge in [-0.05, 0) is 45.2 Å². The molecule has 1 fully saturated rings. The molecular formula is C15H32N2O. The lowest BCUT2D eigenvalue weighted by molar-refractivity contribution is -0.0282. The Balaban J connectivity index is 2.16. The van der Waals surface area contributed by atoms with Crippen LogP contribution in [0.3, 0.4) is 0 Å². The molecule has 1 aliphatic heterocycles. The molecule has 0 bridgehead atoms. The molecule has 0 spiro atoms. The minimum atomic E-state index is 0.636. The molecule has 1 rings (SSSR count). The fourth-order valence-corrected chi connectivity index (χ4v) is 2.68. The second kappa shape index (κ2) is 8.89. The van der Waals surface area contributed by atoms with E-state index in [1.165, 1.54) is 19.3 Å². The number of morpholine rings is 1. The fourth-order valence-electron chi connectivity index (χ4n) is 2.68. The van der Waals surface area contributed by atoms with Crippen LogP contribution in [0.25, 0.3) is 0 Å². The van der Waals surface area contributed by atoms with Crippen LogP contribution in [0.4, 0.5) is 0 Å². The first-order valence-corrected chi connectivity index (χ1v) is 7.69. The third-order valence-corrected chi connectivity index (χ3v) is 3.84. The molecule has 2 unspecified atom stereocenters.